The van der Waals surface area contributed by atoms with Crippen LogP contribution in [0.2, 0.25) is 0 Å². The summed E-state index contributed by atoms with van der Waals surface area (Å²) in [5.41, 5.74) is 2.89. The van der Waals surface area contributed by atoms with Crippen LogP contribution >= 0.6 is 0 Å². The van der Waals surface area contributed by atoms with E-state index in [0.717, 1.165) is 22.6 Å². The number of aromatic nitrogens is 3. The van der Waals surface area contributed by atoms with E-state index < -0.39 is 5.60 Å². The largest absolute Gasteiger partial charge is 0.386 e. The van der Waals surface area contributed by atoms with E-state index in [1.54, 1.807) is 26.1 Å². The maximum atomic E-state index is 10.2. The lowest BCUT2D eigenvalue weighted by atomic mass is 10.00. The van der Waals surface area contributed by atoms with Crippen molar-refractivity contribution in [1.82, 2.24) is 14.4 Å². The second-order valence-corrected chi connectivity index (χ2v) is 5.77. The summed E-state index contributed by atoms with van der Waals surface area (Å²) in [4.78, 5) is 8.57. The topological polar surface area (TPSA) is 62.5 Å². The monoisotopic (exact) mass is 292 g/mol. The van der Waals surface area contributed by atoms with Gasteiger partial charge in [0.2, 0.25) is 0 Å². The normalized spacial score (nSPS) is 11.8. The molecule has 0 fully saturated rings. The molecule has 0 saturated heterocycles. The Morgan fingerprint density at radius 1 is 1.36 bits per heavy atom. The third kappa shape index (κ3) is 2.97. The van der Waals surface area contributed by atoms with Crippen LogP contribution in [-0.4, -0.2) is 27.3 Å². The lowest BCUT2D eigenvalue weighted by molar-refractivity contribution is 0.0796. The van der Waals surface area contributed by atoms with Gasteiger partial charge in [0, 0.05) is 29.8 Å². The second kappa shape index (κ2) is 5.46. The number of rotatable bonds is 4. The lowest BCUT2D eigenvalue weighted by Gasteiger charge is -2.17. The summed E-state index contributed by atoms with van der Waals surface area (Å²) in [6.07, 6.45) is 5.53. The number of hydrogen-bond donors (Lipinski definition) is 2. The van der Waals surface area contributed by atoms with Crippen LogP contribution in [0.25, 0.3) is 5.65 Å². The quantitative estimate of drug-likeness (QED) is 0.713. The van der Waals surface area contributed by atoms with E-state index in [1.807, 2.05) is 35.0 Å². The molecule has 0 saturated carbocycles. The van der Waals surface area contributed by atoms with Crippen molar-refractivity contribution >= 4 is 24.8 Å². The van der Waals surface area contributed by atoms with Crippen molar-refractivity contribution in [1.29, 1.82) is 0 Å². The van der Waals surface area contributed by atoms with Crippen LogP contribution in [0.3, 0.4) is 0 Å². The van der Waals surface area contributed by atoms with E-state index in [0.29, 0.717) is 12.1 Å². The molecule has 3 aromatic heterocycles. The first kappa shape index (κ1) is 14.6. The van der Waals surface area contributed by atoms with Crippen LogP contribution < -0.4 is 10.9 Å². The SMILES string of the molecule is [B]c1cc(NCc2cn3cccc(C(C)(C)O)c3n2)ccn1. The van der Waals surface area contributed by atoms with Crippen molar-refractivity contribution in [3.05, 3.63) is 54.1 Å². The summed E-state index contributed by atoms with van der Waals surface area (Å²) < 4.78 is 1.92. The number of aliphatic hydroxyl groups is 1. The molecule has 5 nitrogen and oxygen atoms in total. The Kier molecular flexibility index (Phi) is 3.62. The molecule has 0 aromatic carbocycles. The maximum Gasteiger partial charge on any atom is 0.143 e. The molecule has 0 atom stereocenters. The zero-order chi connectivity index (χ0) is 15.7. The molecule has 0 aliphatic heterocycles. The highest BCUT2D eigenvalue weighted by atomic mass is 16.3. The lowest BCUT2D eigenvalue weighted by Crippen LogP contribution is -2.16. The van der Waals surface area contributed by atoms with Gasteiger partial charge in [0.15, 0.2) is 0 Å². The fourth-order valence-electron chi connectivity index (χ4n) is 2.38. The van der Waals surface area contributed by atoms with Gasteiger partial charge in [-0.3, -0.25) is 4.98 Å². The van der Waals surface area contributed by atoms with Gasteiger partial charge in [-0.25, -0.2) is 4.98 Å². The summed E-state index contributed by atoms with van der Waals surface area (Å²) in [6.45, 7) is 4.08. The molecular weight excluding hydrogens is 275 g/mol. The van der Waals surface area contributed by atoms with Crippen molar-refractivity contribution in [3.63, 3.8) is 0 Å². The van der Waals surface area contributed by atoms with Crippen molar-refractivity contribution < 1.29 is 5.11 Å². The molecule has 22 heavy (non-hydrogen) atoms. The molecule has 3 rings (SSSR count). The van der Waals surface area contributed by atoms with Crippen LogP contribution in [0.4, 0.5) is 5.69 Å². The number of imidazole rings is 1. The van der Waals surface area contributed by atoms with Crippen LogP contribution in [0, 0.1) is 0 Å². The van der Waals surface area contributed by atoms with Gasteiger partial charge in [-0.15, -0.1) is 0 Å². The van der Waals surface area contributed by atoms with Crippen molar-refractivity contribution in [2.24, 2.45) is 0 Å². The fraction of sp³-hybridized carbons (Fsp3) is 0.250. The molecule has 0 bridgehead atoms. The average Bonchev–Trinajstić information content (AvgIpc) is 2.86. The third-order valence-corrected chi connectivity index (χ3v) is 3.45. The van der Waals surface area contributed by atoms with E-state index in [2.05, 4.69) is 15.3 Å². The Bertz CT molecular complexity index is 807. The number of anilines is 1. The van der Waals surface area contributed by atoms with Gasteiger partial charge in [0.25, 0.3) is 0 Å². The minimum Gasteiger partial charge on any atom is -0.386 e. The van der Waals surface area contributed by atoms with E-state index in [-0.39, 0.29) is 0 Å². The molecule has 2 radical (unpaired) electrons. The van der Waals surface area contributed by atoms with Crippen molar-refractivity contribution in [2.75, 3.05) is 5.32 Å². The summed E-state index contributed by atoms with van der Waals surface area (Å²) in [7, 11) is 5.66. The highest BCUT2D eigenvalue weighted by Gasteiger charge is 2.20. The molecule has 3 heterocycles. The van der Waals surface area contributed by atoms with Gasteiger partial charge in [0.1, 0.15) is 13.5 Å². The Morgan fingerprint density at radius 3 is 2.91 bits per heavy atom. The average molecular weight is 292 g/mol. The molecule has 0 spiro atoms. The number of nitrogens with one attached hydrogen (secondary N) is 1. The maximum absolute atomic E-state index is 10.2. The molecule has 0 amide bonds. The number of fused-ring (bicyclic) bond motifs is 1. The standard InChI is InChI=1S/C16H17BN4O/c1-16(2,22)13-4-3-7-21-10-12(20-15(13)21)9-19-11-5-6-18-14(17)8-11/h3-8,10,22H,9H2,1-2H3,(H,18,19). The van der Waals surface area contributed by atoms with Gasteiger partial charge in [-0.05, 0) is 37.6 Å². The van der Waals surface area contributed by atoms with Gasteiger partial charge in [-0.2, -0.15) is 0 Å². The van der Waals surface area contributed by atoms with Gasteiger partial charge >= 0.3 is 0 Å². The summed E-state index contributed by atoms with van der Waals surface area (Å²) in [6, 6.07) is 7.43. The number of pyridine rings is 2. The first-order chi connectivity index (χ1) is 10.4. The predicted octanol–water partition coefficient (Wildman–Crippen LogP) is 1.36. The smallest absolute Gasteiger partial charge is 0.143 e. The number of nitrogens with zero attached hydrogens (tertiary/aromatic N) is 3. The van der Waals surface area contributed by atoms with Gasteiger partial charge < -0.3 is 14.8 Å². The third-order valence-electron chi connectivity index (χ3n) is 3.45. The summed E-state index contributed by atoms with van der Waals surface area (Å²) in [5.74, 6) is 0. The molecule has 6 heteroatoms. The van der Waals surface area contributed by atoms with Crippen LogP contribution in [0.5, 0.6) is 0 Å². The second-order valence-electron chi connectivity index (χ2n) is 5.77. The van der Waals surface area contributed by atoms with Crippen molar-refractivity contribution in [3.8, 4) is 0 Å². The van der Waals surface area contributed by atoms with E-state index in [4.69, 9.17) is 7.85 Å². The van der Waals surface area contributed by atoms with Gasteiger partial charge in [-0.1, -0.05) is 6.07 Å². The van der Waals surface area contributed by atoms with Crippen molar-refractivity contribution in [2.45, 2.75) is 26.0 Å². The van der Waals surface area contributed by atoms with Gasteiger partial charge in [0.05, 0.1) is 17.8 Å². The number of hydrogen-bond acceptors (Lipinski definition) is 4. The Hall–Kier alpha value is -2.34. The Morgan fingerprint density at radius 2 is 2.18 bits per heavy atom. The first-order valence-electron chi connectivity index (χ1n) is 7.08. The Balaban J connectivity index is 1.86. The molecule has 2 N–H and O–H groups in total. The summed E-state index contributed by atoms with van der Waals surface area (Å²) >= 11 is 0. The molecule has 3 aromatic rings. The predicted molar refractivity (Wildman–Crippen MR) is 87.4 cm³/mol. The Labute approximate surface area is 130 Å². The first-order valence-corrected chi connectivity index (χ1v) is 7.08. The van der Waals surface area contributed by atoms with Crippen LogP contribution in [-0.2, 0) is 12.1 Å². The minimum atomic E-state index is -0.932. The molecule has 0 aliphatic rings. The zero-order valence-corrected chi connectivity index (χ0v) is 12.6. The van der Waals surface area contributed by atoms with E-state index >= 15 is 0 Å². The molecule has 0 aliphatic carbocycles. The minimum absolute atomic E-state index is 0.476. The zero-order valence-electron chi connectivity index (χ0n) is 12.6. The molecule has 0 unspecified atom stereocenters. The van der Waals surface area contributed by atoms with Crippen LogP contribution in [0.1, 0.15) is 25.1 Å². The van der Waals surface area contributed by atoms with E-state index in [1.165, 1.54) is 0 Å². The molecule has 110 valence electrons. The van der Waals surface area contributed by atoms with E-state index in [9.17, 15) is 5.11 Å². The fourth-order valence-corrected chi connectivity index (χ4v) is 2.38. The highest BCUT2D eigenvalue weighted by molar-refractivity contribution is 6.30. The highest BCUT2D eigenvalue weighted by Crippen LogP contribution is 2.24. The molecular formula is C16H17BN4O. The summed E-state index contributed by atoms with van der Waals surface area (Å²) in [5, 5.41) is 13.5. The van der Waals surface area contributed by atoms with Crippen LogP contribution in [0.15, 0.2) is 42.9 Å².